The van der Waals surface area contributed by atoms with Gasteiger partial charge in [-0.05, 0) is 36.2 Å². The summed E-state index contributed by atoms with van der Waals surface area (Å²) in [5, 5.41) is 0.373. The van der Waals surface area contributed by atoms with Gasteiger partial charge in [0, 0.05) is 37.7 Å². The summed E-state index contributed by atoms with van der Waals surface area (Å²) in [6.07, 6.45) is 0. The number of benzene rings is 2. The number of piperazine rings is 1. The van der Waals surface area contributed by atoms with Gasteiger partial charge < -0.3 is 4.90 Å². The van der Waals surface area contributed by atoms with Crippen LogP contribution in [-0.4, -0.2) is 41.9 Å². The minimum absolute atomic E-state index is 0.0508. The van der Waals surface area contributed by atoms with E-state index in [-0.39, 0.29) is 11.5 Å². The van der Waals surface area contributed by atoms with E-state index in [2.05, 4.69) is 24.0 Å². The molecule has 0 bridgehead atoms. The summed E-state index contributed by atoms with van der Waals surface area (Å²) in [7, 11) is 0. The number of hydrogen-bond acceptors (Lipinski definition) is 2. The summed E-state index contributed by atoms with van der Waals surface area (Å²) in [4.78, 5) is 16.5. The van der Waals surface area contributed by atoms with Crippen LogP contribution < -0.4 is 0 Å². The summed E-state index contributed by atoms with van der Waals surface area (Å²) in [6.45, 7) is 5.73. The first-order valence-electron chi connectivity index (χ1n) is 8.06. The Morgan fingerprint density at radius 3 is 2.54 bits per heavy atom. The molecule has 1 aliphatic rings. The topological polar surface area (TPSA) is 23.6 Å². The van der Waals surface area contributed by atoms with E-state index in [1.54, 1.807) is 4.90 Å². The Bertz CT molecular complexity index is 742. The fourth-order valence-electron chi connectivity index (χ4n) is 2.97. The molecular formula is C19H20ClFN2O. The van der Waals surface area contributed by atoms with Crippen LogP contribution in [0.25, 0.3) is 0 Å². The molecule has 0 saturated carbocycles. The molecule has 1 amide bonds. The zero-order valence-electron chi connectivity index (χ0n) is 13.6. The van der Waals surface area contributed by atoms with Crippen molar-refractivity contribution in [3.05, 3.63) is 70.0 Å². The van der Waals surface area contributed by atoms with Crippen molar-refractivity contribution in [2.24, 2.45) is 0 Å². The highest BCUT2D eigenvalue weighted by molar-refractivity contribution is 6.31. The molecule has 1 heterocycles. The summed E-state index contributed by atoms with van der Waals surface area (Å²) < 4.78 is 13.9. The Morgan fingerprint density at radius 2 is 1.83 bits per heavy atom. The summed E-state index contributed by atoms with van der Waals surface area (Å²) >= 11 is 5.88. The van der Waals surface area contributed by atoms with E-state index in [0.29, 0.717) is 18.1 Å². The second-order valence-corrected chi connectivity index (χ2v) is 6.56. The van der Waals surface area contributed by atoms with Gasteiger partial charge in [0.25, 0.3) is 5.91 Å². The molecule has 3 rings (SSSR count). The zero-order valence-corrected chi connectivity index (χ0v) is 14.4. The van der Waals surface area contributed by atoms with Gasteiger partial charge in [0.1, 0.15) is 5.82 Å². The maximum atomic E-state index is 13.9. The molecule has 5 heteroatoms. The third kappa shape index (κ3) is 3.77. The molecule has 0 atom stereocenters. The van der Waals surface area contributed by atoms with E-state index in [1.807, 2.05) is 12.1 Å². The first-order chi connectivity index (χ1) is 11.5. The molecule has 2 aromatic rings. The van der Waals surface area contributed by atoms with Gasteiger partial charge in [0.15, 0.2) is 0 Å². The van der Waals surface area contributed by atoms with E-state index < -0.39 is 5.82 Å². The maximum absolute atomic E-state index is 13.9. The van der Waals surface area contributed by atoms with E-state index in [4.69, 9.17) is 11.6 Å². The number of amides is 1. The lowest BCUT2D eigenvalue weighted by Gasteiger charge is -2.35. The van der Waals surface area contributed by atoms with Crippen molar-refractivity contribution in [1.29, 1.82) is 0 Å². The quantitative estimate of drug-likeness (QED) is 0.845. The van der Waals surface area contributed by atoms with Crippen molar-refractivity contribution in [3.63, 3.8) is 0 Å². The Labute approximate surface area is 146 Å². The van der Waals surface area contributed by atoms with Gasteiger partial charge in [-0.25, -0.2) is 4.39 Å². The summed E-state index contributed by atoms with van der Waals surface area (Å²) in [5.74, 6) is -0.808. The van der Waals surface area contributed by atoms with E-state index in [9.17, 15) is 9.18 Å². The van der Waals surface area contributed by atoms with E-state index >= 15 is 0 Å². The number of rotatable bonds is 3. The fourth-order valence-corrected chi connectivity index (χ4v) is 3.14. The van der Waals surface area contributed by atoms with Gasteiger partial charge in [0.2, 0.25) is 0 Å². The lowest BCUT2D eigenvalue weighted by Crippen LogP contribution is -2.48. The normalized spacial score (nSPS) is 15.5. The van der Waals surface area contributed by atoms with Crippen LogP contribution in [0.3, 0.4) is 0 Å². The number of hydrogen-bond donors (Lipinski definition) is 0. The average molecular weight is 347 g/mol. The fraction of sp³-hybridized carbons (Fsp3) is 0.316. The van der Waals surface area contributed by atoms with Crippen LogP contribution in [0.5, 0.6) is 0 Å². The minimum atomic E-state index is -0.522. The molecule has 1 saturated heterocycles. The molecule has 0 spiro atoms. The highest BCUT2D eigenvalue weighted by atomic mass is 35.5. The summed E-state index contributed by atoms with van der Waals surface area (Å²) in [5.41, 5.74) is 2.63. The molecule has 0 aliphatic carbocycles. The zero-order chi connectivity index (χ0) is 17.1. The van der Waals surface area contributed by atoms with Crippen molar-refractivity contribution in [3.8, 4) is 0 Å². The molecule has 0 radical (unpaired) electrons. The predicted octanol–water partition coefficient (Wildman–Crippen LogP) is 3.75. The van der Waals surface area contributed by atoms with Crippen molar-refractivity contribution < 1.29 is 9.18 Å². The van der Waals surface area contributed by atoms with Crippen LogP contribution >= 0.6 is 11.6 Å². The van der Waals surface area contributed by atoms with Crippen LogP contribution in [0.1, 0.15) is 21.5 Å². The average Bonchev–Trinajstić information content (AvgIpc) is 2.59. The van der Waals surface area contributed by atoms with Gasteiger partial charge in [-0.15, -0.1) is 0 Å². The van der Waals surface area contributed by atoms with Crippen molar-refractivity contribution in [2.75, 3.05) is 26.2 Å². The first kappa shape index (κ1) is 16.9. The van der Waals surface area contributed by atoms with Gasteiger partial charge in [-0.3, -0.25) is 9.69 Å². The smallest absolute Gasteiger partial charge is 0.256 e. The number of carbonyl (C=O) groups excluding carboxylic acids is 1. The molecule has 126 valence electrons. The van der Waals surface area contributed by atoms with Crippen LogP contribution in [0.2, 0.25) is 5.02 Å². The lowest BCUT2D eigenvalue weighted by atomic mass is 10.1. The Balaban J connectivity index is 1.61. The highest BCUT2D eigenvalue weighted by Gasteiger charge is 2.24. The number of carbonyl (C=O) groups is 1. The maximum Gasteiger partial charge on any atom is 0.256 e. The Kier molecular flexibility index (Phi) is 5.17. The molecule has 0 unspecified atom stereocenters. The molecule has 0 aromatic heterocycles. The van der Waals surface area contributed by atoms with Gasteiger partial charge >= 0.3 is 0 Å². The Hall–Kier alpha value is -1.91. The van der Waals surface area contributed by atoms with Gasteiger partial charge in [-0.1, -0.05) is 35.9 Å². The van der Waals surface area contributed by atoms with Crippen LogP contribution in [0.4, 0.5) is 4.39 Å². The lowest BCUT2D eigenvalue weighted by molar-refractivity contribution is 0.0623. The minimum Gasteiger partial charge on any atom is -0.336 e. The molecule has 24 heavy (non-hydrogen) atoms. The third-order valence-corrected chi connectivity index (χ3v) is 4.71. The van der Waals surface area contributed by atoms with Crippen LogP contribution in [0.15, 0.2) is 42.5 Å². The van der Waals surface area contributed by atoms with Crippen molar-refractivity contribution in [2.45, 2.75) is 13.5 Å². The van der Waals surface area contributed by atoms with Gasteiger partial charge in [-0.2, -0.15) is 0 Å². The van der Waals surface area contributed by atoms with Crippen molar-refractivity contribution >= 4 is 17.5 Å². The molecule has 2 aromatic carbocycles. The van der Waals surface area contributed by atoms with Crippen LogP contribution in [0, 0.1) is 12.7 Å². The number of halogens is 2. The third-order valence-electron chi connectivity index (χ3n) is 4.47. The standard InChI is InChI=1S/C19H20ClFN2O/c1-14-4-2-3-5-15(14)13-22-8-10-23(11-9-22)19(24)17-12-16(20)6-7-18(17)21/h2-7,12H,8-11,13H2,1H3. The molecule has 0 N–H and O–H groups in total. The number of aryl methyl sites for hydroxylation is 1. The SMILES string of the molecule is Cc1ccccc1CN1CCN(C(=O)c2cc(Cl)ccc2F)CC1. The van der Waals surface area contributed by atoms with Crippen molar-refractivity contribution in [1.82, 2.24) is 9.80 Å². The second kappa shape index (κ2) is 7.32. The molecule has 3 nitrogen and oxygen atoms in total. The summed E-state index contributed by atoms with van der Waals surface area (Å²) in [6, 6.07) is 12.4. The van der Waals surface area contributed by atoms with E-state index in [1.165, 1.54) is 29.3 Å². The predicted molar refractivity (Wildman–Crippen MR) is 93.8 cm³/mol. The Morgan fingerprint density at radius 1 is 1.12 bits per heavy atom. The molecule has 1 aliphatic heterocycles. The monoisotopic (exact) mass is 346 g/mol. The largest absolute Gasteiger partial charge is 0.336 e. The number of nitrogens with zero attached hydrogens (tertiary/aromatic N) is 2. The molecule has 1 fully saturated rings. The van der Waals surface area contributed by atoms with E-state index in [0.717, 1.165) is 19.6 Å². The molecular weight excluding hydrogens is 327 g/mol. The second-order valence-electron chi connectivity index (χ2n) is 6.12. The highest BCUT2D eigenvalue weighted by Crippen LogP contribution is 2.18. The first-order valence-corrected chi connectivity index (χ1v) is 8.43. The van der Waals surface area contributed by atoms with Crippen LogP contribution in [-0.2, 0) is 6.54 Å². The van der Waals surface area contributed by atoms with Gasteiger partial charge in [0.05, 0.1) is 5.56 Å².